The highest BCUT2D eigenvalue weighted by atomic mass is 15.2. The van der Waals surface area contributed by atoms with E-state index in [1.54, 1.807) is 0 Å². The monoisotopic (exact) mass is 254 g/mol. The Labute approximate surface area is 115 Å². The fourth-order valence-corrected chi connectivity index (χ4v) is 3.60. The second-order valence-corrected chi connectivity index (χ2v) is 6.53. The molecule has 1 saturated carbocycles. The number of nitrogens with zero attached hydrogens (tertiary/aromatic N) is 1. The molecule has 0 aromatic rings. The summed E-state index contributed by atoms with van der Waals surface area (Å²) in [6.07, 6.45) is 6.96. The van der Waals surface area contributed by atoms with Crippen LogP contribution >= 0.6 is 0 Å². The Morgan fingerprint density at radius 3 is 2.50 bits per heavy atom. The standard InChI is InChI=1S/C16H34N2/c1-6-8-14-9-10-15(17-7-2)16(11-14)18(5)12-13(3)4/h13-17H,6-12H2,1-5H3. The van der Waals surface area contributed by atoms with Crippen LogP contribution in [-0.2, 0) is 0 Å². The SMILES string of the molecule is CCCC1CCC(NCC)C(N(C)CC(C)C)C1. The molecule has 0 heterocycles. The molecule has 1 rings (SSSR count). The number of nitrogens with one attached hydrogen (secondary N) is 1. The van der Waals surface area contributed by atoms with E-state index >= 15 is 0 Å². The van der Waals surface area contributed by atoms with Crippen molar-refractivity contribution in [1.82, 2.24) is 10.2 Å². The highest BCUT2D eigenvalue weighted by Gasteiger charge is 2.32. The third-order valence-electron chi connectivity index (χ3n) is 4.31. The lowest BCUT2D eigenvalue weighted by molar-refractivity contribution is 0.107. The Morgan fingerprint density at radius 2 is 1.94 bits per heavy atom. The van der Waals surface area contributed by atoms with Crippen LogP contribution in [0.4, 0.5) is 0 Å². The van der Waals surface area contributed by atoms with Gasteiger partial charge in [0.2, 0.25) is 0 Å². The van der Waals surface area contributed by atoms with E-state index in [1.165, 1.54) is 38.6 Å². The van der Waals surface area contributed by atoms with Crippen LogP contribution in [0.5, 0.6) is 0 Å². The molecule has 0 amide bonds. The van der Waals surface area contributed by atoms with E-state index in [4.69, 9.17) is 0 Å². The van der Waals surface area contributed by atoms with E-state index in [-0.39, 0.29) is 0 Å². The maximum atomic E-state index is 3.71. The van der Waals surface area contributed by atoms with Crippen LogP contribution in [0, 0.1) is 11.8 Å². The minimum Gasteiger partial charge on any atom is -0.313 e. The first-order chi connectivity index (χ1) is 8.58. The van der Waals surface area contributed by atoms with Crippen LogP contribution in [0.15, 0.2) is 0 Å². The fourth-order valence-electron chi connectivity index (χ4n) is 3.60. The summed E-state index contributed by atoms with van der Waals surface area (Å²) in [6, 6.07) is 1.46. The van der Waals surface area contributed by atoms with Gasteiger partial charge in [0, 0.05) is 18.6 Å². The summed E-state index contributed by atoms with van der Waals surface area (Å²) in [6.45, 7) is 11.5. The van der Waals surface area contributed by atoms with Crippen molar-refractivity contribution in [3.63, 3.8) is 0 Å². The quantitative estimate of drug-likeness (QED) is 0.748. The Balaban J connectivity index is 2.58. The summed E-state index contributed by atoms with van der Waals surface area (Å²) in [7, 11) is 2.32. The van der Waals surface area contributed by atoms with Gasteiger partial charge in [0.25, 0.3) is 0 Å². The van der Waals surface area contributed by atoms with E-state index < -0.39 is 0 Å². The lowest BCUT2D eigenvalue weighted by atomic mass is 9.79. The first-order valence-electron chi connectivity index (χ1n) is 8.02. The number of hydrogen-bond acceptors (Lipinski definition) is 2. The van der Waals surface area contributed by atoms with Gasteiger partial charge < -0.3 is 10.2 Å². The van der Waals surface area contributed by atoms with Gasteiger partial charge >= 0.3 is 0 Å². The lowest BCUT2D eigenvalue weighted by Gasteiger charge is -2.42. The van der Waals surface area contributed by atoms with Gasteiger partial charge in [0.1, 0.15) is 0 Å². The van der Waals surface area contributed by atoms with Crippen molar-refractivity contribution in [2.45, 2.75) is 71.9 Å². The van der Waals surface area contributed by atoms with E-state index in [0.29, 0.717) is 6.04 Å². The van der Waals surface area contributed by atoms with Gasteiger partial charge in [0.05, 0.1) is 0 Å². The Morgan fingerprint density at radius 1 is 1.22 bits per heavy atom. The minimum atomic E-state index is 0.715. The Bertz CT molecular complexity index is 215. The van der Waals surface area contributed by atoms with E-state index in [0.717, 1.165) is 24.4 Å². The highest BCUT2D eigenvalue weighted by molar-refractivity contribution is 4.90. The van der Waals surface area contributed by atoms with Crippen molar-refractivity contribution in [2.24, 2.45) is 11.8 Å². The molecule has 3 unspecified atom stereocenters. The third-order valence-corrected chi connectivity index (χ3v) is 4.31. The zero-order valence-electron chi connectivity index (χ0n) is 13.2. The van der Waals surface area contributed by atoms with Crippen LogP contribution < -0.4 is 5.32 Å². The smallest absolute Gasteiger partial charge is 0.0249 e. The molecule has 0 bridgehead atoms. The summed E-state index contributed by atoms with van der Waals surface area (Å²) in [5.74, 6) is 1.73. The average Bonchev–Trinajstić information content (AvgIpc) is 2.30. The van der Waals surface area contributed by atoms with E-state index in [2.05, 4.69) is 45.0 Å². The summed E-state index contributed by atoms with van der Waals surface area (Å²) in [4.78, 5) is 2.61. The van der Waals surface area contributed by atoms with Gasteiger partial charge in [-0.25, -0.2) is 0 Å². The van der Waals surface area contributed by atoms with Crippen molar-refractivity contribution in [3.05, 3.63) is 0 Å². The molecule has 108 valence electrons. The Hall–Kier alpha value is -0.0800. The molecule has 3 atom stereocenters. The normalized spacial score (nSPS) is 29.2. The molecule has 1 fully saturated rings. The summed E-state index contributed by atoms with van der Waals surface area (Å²) in [5.41, 5.74) is 0. The van der Waals surface area contributed by atoms with Crippen LogP contribution in [0.25, 0.3) is 0 Å². The van der Waals surface area contributed by atoms with Crippen LogP contribution in [-0.4, -0.2) is 37.1 Å². The average molecular weight is 254 g/mol. The molecule has 0 saturated heterocycles. The summed E-state index contributed by atoms with van der Waals surface area (Å²) >= 11 is 0. The maximum absolute atomic E-state index is 3.71. The zero-order valence-corrected chi connectivity index (χ0v) is 13.2. The minimum absolute atomic E-state index is 0.715. The lowest BCUT2D eigenvalue weighted by Crippen LogP contribution is -2.52. The summed E-state index contributed by atoms with van der Waals surface area (Å²) in [5, 5.41) is 3.71. The van der Waals surface area contributed by atoms with Crippen LogP contribution in [0.1, 0.15) is 59.8 Å². The van der Waals surface area contributed by atoms with Crippen molar-refractivity contribution in [3.8, 4) is 0 Å². The molecule has 0 aromatic heterocycles. The maximum Gasteiger partial charge on any atom is 0.0249 e. The van der Waals surface area contributed by atoms with Crippen molar-refractivity contribution in [1.29, 1.82) is 0 Å². The second-order valence-electron chi connectivity index (χ2n) is 6.53. The topological polar surface area (TPSA) is 15.3 Å². The highest BCUT2D eigenvalue weighted by Crippen LogP contribution is 2.30. The van der Waals surface area contributed by atoms with Gasteiger partial charge in [-0.3, -0.25) is 0 Å². The molecule has 2 nitrogen and oxygen atoms in total. The van der Waals surface area contributed by atoms with Gasteiger partial charge in [0.15, 0.2) is 0 Å². The predicted octanol–water partition coefficient (Wildman–Crippen LogP) is 3.52. The van der Waals surface area contributed by atoms with Gasteiger partial charge in [-0.2, -0.15) is 0 Å². The molecular formula is C16H34N2. The molecular weight excluding hydrogens is 220 g/mol. The largest absolute Gasteiger partial charge is 0.313 e. The molecule has 0 radical (unpaired) electrons. The molecule has 0 aliphatic heterocycles. The van der Waals surface area contributed by atoms with Gasteiger partial charge in [-0.05, 0) is 44.7 Å². The van der Waals surface area contributed by atoms with Gasteiger partial charge in [-0.15, -0.1) is 0 Å². The Kier molecular flexibility index (Phi) is 7.25. The number of likely N-dealkylation sites (N-methyl/N-ethyl adjacent to an activating group) is 2. The van der Waals surface area contributed by atoms with Crippen molar-refractivity contribution >= 4 is 0 Å². The molecule has 0 spiro atoms. The molecule has 0 aromatic carbocycles. The van der Waals surface area contributed by atoms with Crippen LogP contribution in [0.2, 0.25) is 0 Å². The first kappa shape index (κ1) is 16.0. The molecule has 1 aliphatic carbocycles. The van der Waals surface area contributed by atoms with E-state index in [1.807, 2.05) is 0 Å². The number of rotatable bonds is 7. The van der Waals surface area contributed by atoms with Crippen molar-refractivity contribution < 1.29 is 0 Å². The van der Waals surface area contributed by atoms with E-state index in [9.17, 15) is 0 Å². The fraction of sp³-hybridized carbons (Fsp3) is 1.00. The third kappa shape index (κ3) is 4.89. The van der Waals surface area contributed by atoms with Crippen molar-refractivity contribution in [2.75, 3.05) is 20.1 Å². The molecule has 1 N–H and O–H groups in total. The first-order valence-corrected chi connectivity index (χ1v) is 8.02. The number of hydrogen-bond donors (Lipinski definition) is 1. The molecule has 1 aliphatic rings. The molecule has 2 heteroatoms. The summed E-state index contributed by atoms with van der Waals surface area (Å²) < 4.78 is 0. The van der Waals surface area contributed by atoms with Gasteiger partial charge in [-0.1, -0.05) is 40.5 Å². The zero-order chi connectivity index (χ0) is 13.5. The molecule has 18 heavy (non-hydrogen) atoms. The predicted molar refractivity (Wildman–Crippen MR) is 81.0 cm³/mol. The van der Waals surface area contributed by atoms with Crippen LogP contribution in [0.3, 0.4) is 0 Å². The second kappa shape index (κ2) is 8.16.